The van der Waals surface area contributed by atoms with E-state index in [1.54, 1.807) is 17.5 Å². The van der Waals surface area contributed by atoms with Gasteiger partial charge < -0.3 is 11.1 Å². The molecule has 6 heteroatoms. The zero-order valence-corrected chi connectivity index (χ0v) is 14.6. The van der Waals surface area contributed by atoms with Crippen molar-refractivity contribution in [2.24, 2.45) is 12.8 Å². The van der Waals surface area contributed by atoms with E-state index in [0.29, 0.717) is 6.54 Å². The van der Waals surface area contributed by atoms with Crippen molar-refractivity contribution in [2.45, 2.75) is 6.04 Å². The second kappa shape index (κ2) is 6.64. The summed E-state index contributed by atoms with van der Waals surface area (Å²) in [5, 5.41) is 8.84. The summed E-state index contributed by atoms with van der Waals surface area (Å²) in [6, 6.07) is 14.5. The van der Waals surface area contributed by atoms with Gasteiger partial charge in [-0.25, -0.2) is 0 Å². The van der Waals surface area contributed by atoms with Crippen LogP contribution in [0.5, 0.6) is 0 Å². The summed E-state index contributed by atoms with van der Waals surface area (Å²) in [6.45, 7) is 0.542. The van der Waals surface area contributed by atoms with Gasteiger partial charge in [-0.3, -0.25) is 4.68 Å². The minimum Gasteiger partial charge on any atom is -0.369 e. The number of hydrogen-bond acceptors (Lipinski definition) is 4. The second-order valence-electron chi connectivity index (χ2n) is 4.97. The van der Waals surface area contributed by atoms with Gasteiger partial charge in [0.25, 0.3) is 0 Å². The first-order chi connectivity index (χ1) is 10.7. The Morgan fingerprint density at radius 3 is 2.73 bits per heavy atom. The topological polar surface area (TPSA) is 55.9 Å². The number of benzene rings is 1. The van der Waals surface area contributed by atoms with Crippen molar-refractivity contribution in [3.8, 4) is 10.6 Å². The fraction of sp³-hybridized carbons (Fsp3) is 0.188. The third-order valence-electron chi connectivity index (χ3n) is 3.49. The number of nitrogens with one attached hydrogen (secondary N) is 1. The Balaban J connectivity index is 1.86. The summed E-state index contributed by atoms with van der Waals surface area (Å²) >= 11 is 5.33. The lowest BCUT2D eigenvalue weighted by atomic mass is 10.1. The highest BCUT2D eigenvalue weighted by Gasteiger charge is 2.15. The minimum atomic E-state index is 0.103. The van der Waals surface area contributed by atoms with Crippen LogP contribution >= 0.6 is 27.3 Å². The van der Waals surface area contributed by atoms with Crippen LogP contribution < -0.4 is 11.1 Å². The van der Waals surface area contributed by atoms with Crippen LogP contribution in [0.3, 0.4) is 0 Å². The molecule has 0 amide bonds. The van der Waals surface area contributed by atoms with Gasteiger partial charge in [0.1, 0.15) is 0 Å². The molecule has 4 nitrogen and oxygen atoms in total. The molecule has 2 aromatic heterocycles. The fourth-order valence-electron chi connectivity index (χ4n) is 2.35. The lowest BCUT2D eigenvalue weighted by Gasteiger charge is -2.17. The van der Waals surface area contributed by atoms with Crippen LogP contribution in [0.4, 0.5) is 5.00 Å². The number of thiophene rings is 1. The number of anilines is 1. The van der Waals surface area contributed by atoms with Crippen molar-refractivity contribution in [3.05, 3.63) is 58.7 Å². The molecule has 0 saturated carbocycles. The number of hydrogen-bond donors (Lipinski definition) is 2. The van der Waals surface area contributed by atoms with E-state index in [4.69, 9.17) is 5.73 Å². The quantitative estimate of drug-likeness (QED) is 0.706. The van der Waals surface area contributed by atoms with Gasteiger partial charge in [-0.2, -0.15) is 5.10 Å². The lowest BCUT2D eigenvalue weighted by molar-refractivity contribution is 0.777. The molecule has 22 heavy (non-hydrogen) atoms. The number of aryl methyl sites for hydroxylation is 1. The minimum absolute atomic E-state index is 0.103. The molecule has 0 bridgehead atoms. The van der Waals surface area contributed by atoms with Gasteiger partial charge in [0.15, 0.2) is 0 Å². The Morgan fingerprint density at radius 1 is 1.32 bits per heavy atom. The largest absolute Gasteiger partial charge is 0.369 e. The lowest BCUT2D eigenvalue weighted by Crippen LogP contribution is -2.19. The maximum absolute atomic E-state index is 5.93. The van der Waals surface area contributed by atoms with Crippen LogP contribution in [0.25, 0.3) is 10.6 Å². The van der Waals surface area contributed by atoms with E-state index < -0.39 is 0 Å². The van der Waals surface area contributed by atoms with E-state index in [1.165, 1.54) is 5.56 Å². The van der Waals surface area contributed by atoms with E-state index in [-0.39, 0.29) is 6.04 Å². The van der Waals surface area contributed by atoms with Crippen LogP contribution in [-0.4, -0.2) is 16.3 Å². The molecule has 3 rings (SSSR count). The first-order valence-corrected chi connectivity index (χ1v) is 8.59. The number of halogens is 1. The molecule has 1 aromatic carbocycles. The molecule has 1 atom stereocenters. The van der Waals surface area contributed by atoms with E-state index >= 15 is 0 Å². The Kier molecular flexibility index (Phi) is 4.61. The molecular weight excluding hydrogens is 360 g/mol. The highest BCUT2D eigenvalue weighted by molar-refractivity contribution is 9.10. The number of rotatable bonds is 5. The summed E-state index contributed by atoms with van der Waals surface area (Å²) in [5.41, 5.74) is 8.22. The normalized spacial score (nSPS) is 12.3. The highest BCUT2D eigenvalue weighted by Crippen LogP contribution is 2.40. The van der Waals surface area contributed by atoms with Gasteiger partial charge >= 0.3 is 0 Å². The second-order valence-corrected chi connectivity index (χ2v) is 6.88. The number of aromatic nitrogens is 2. The summed E-state index contributed by atoms with van der Waals surface area (Å²) in [6.07, 6.45) is 1.81. The molecule has 3 N–H and O–H groups in total. The summed E-state index contributed by atoms with van der Waals surface area (Å²) in [4.78, 5) is 1.16. The van der Waals surface area contributed by atoms with Gasteiger partial charge in [-0.1, -0.05) is 30.3 Å². The molecule has 1 unspecified atom stereocenters. The molecule has 0 aliphatic rings. The first kappa shape index (κ1) is 15.3. The van der Waals surface area contributed by atoms with Gasteiger partial charge in [0.2, 0.25) is 0 Å². The standard InChI is InChI=1S/C16H17BrN4S/c1-21-14(7-8-19-21)16-12(17)9-15(22-16)20-13(10-18)11-5-3-2-4-6-11/h2-9,13,20H,10,18H2,1H3. The first-order valence-electron chi connectivity index (χ1n) is 6.98. The SMILES string of the molecule is Cn1nccc1-c1sc(NC(CN)c2ccccc2)cc1Br. The van der Waals surface area contributed by atoms with Crippen LogP contribution in [0.2, 0.25) is 0 Å². The monoisotopic (exact) mass is 376 g/mol. The molecule has 0 aliphatic heterocycles. The van der Waals surface area contributed by atoms with Crippen molar-refractivity contribution >= 4 is 32.3 Å². The van der Waals surface area contributed by atoms with Crippen molar-refractivity contribution < 1.29 is 0 Å². The third-order valence-corrected chi connectivity index (χ3v) is 5.47. The van der Waals surface area contributed by atoms with Gasteiger partial charge in [-0.15, -0.1) is 11.3 Å². The predicted molar refractivity (Wildman–Crippen MR) is 96.1 cm³/mol. The number of nitrogens with zero attached hydrogens (tertiary/aromatic N) is 2. The molecule has 0 radical (unpaired) electrons. The maximum atomic E-state index is 5.93. The van der Waals surface area contributed by atoms with Crippen molar-refractivity contribution in [1.82, 2.24) is 9.78 Å². The van der Waals surface area contributed by atoms with Gasteiger partial charge in [0.05, 0.1) is 21.6 Å². The van der Waals surface area contributed by atoms with E-state index in [9.17, 15) is 0 Å². The smallest absolute Gasteiger partial charge is 0.0906 e. The summed E-state index contributed by atoms with van der Waals surface area (Å²) < 4.78 is 2.94. The summed E-state index contributed by atoms with van der Waals surface area (Å²) in [5.74, 6) is 0. The van der Waals surface area contributed by atoms with E-state index in [2.05, 4.69) is 44.5 Å². The third kappa shape index (κ3) is 3.09. The Hall–Kier alpha value is -1.63. The van der Waals surface area contributed by atoms with Crippen LogP contribution in [-0.2, 0) is 7.05 Å². The fourth-order valence-corrected chi connectivity index (χ4v) is 4.23. The molecule has 0 fully saturated rings. The van der Waals surface area contributed by atoms with Gasteiger partial charge in [0, 0.05) is 24.3 Å². The highest BCUT2D eigenvalue weighted by atomic mass is 79.9. The van der Waals surface area contributed by atoms with Crippen LogP contribution in [0.1, 0.15) is 11.6 Å². The molecular formula is C16H17BrN4S. The van der Waals surface area contributed by atoms with Crippen LogP contribution in [0.15, 0.2) is 53.1 Å². The molecule has 3 aromatic rings. The van der Waals surface area contributed by atoms with Gasteiger partial charge in [-0.05, 0) is 33.6 Å². The molecule has 2 heterocycles. The Bertz CT molecular complexity index is 751. The molecule has 0 saturated heterocycles. The molecule has 114 valence electrons. The zero-order chi connectivity index (χ0) is 15.5. The Labute approximate surface area is 142 Å². The Morgan fingerprint density at radius 2 is 2.09 bits per heavy atom. The molecule has 0 aliphatic carbocycles. The van der Waals surface area contributed by atoms with E-state index in [1.807, 2.05) is 36.0 Å². The predicted octanol–water partition coefficient (Wildman–Crippen LogP) is 4.02. The van der Waals surface area contributed by atoms with Crippen molar-refractivity contribution in [3.63, 3.8) is 0 Å². The zero-order valence-electron chi connectivity index (χ0n) is 12.2. The van der Waals surface area contributed by atoms with Crippen molar-refractivity contribution in [2.75, 3.05) is 11.9 Å². The summed E-state index contributed by atoms with van der Waals surface area (Å²) in [7, 11) is 1.95. The number of nitrogens with two attached hydrogens (primary N) is 1. The van der Waals surface area contributed by atoms with E-state index in [0.717, 1.165) is 20.0 Å². The average Bonchev–Trinajstić information content (AvgIpc) is 3.11. The maximum Gasteiger partial charge on any atom is 0.0906 e. The molecule has 0 spiro atoms. The average molecular weight is 377 g/mol. The van der Waals surface area contributed by atoms with Crippen molar-refractivity contribution in [1.29, 1.82) is 0 Å². The van der Waals surface area contributed by atoms with Crippen LogP contribution in [0, 0.1) is 0 Å².